The summed E-state index contributed by atoms with van der Waals surface area (Å²) in [5.41, 5.74) is 10.8. The first-order chi connectivity index (χ1) is 14.7. The predicted molar refractivity (Wildman–Crippen MR) is 116 cm³/mol. The van der Waals surface area contributed by atoms with Gasteiger partial charge in [-0.25, -0.2) is 4.79 Å². The molecule has 4 amide bonds. The zero-order valence-electron chi connectivity index (χ0n) is 19.3. The number of carboxylic acids is 1. The van der Waals surface area contributed by atoms with Crippen LogP contribution < -0.4 is 27.4 Å². The summed E-state index contributed by atoms with van der Waals surface area (Å²) in [5.74, 6) is -5.00. The third kappa shape index (κ3) is 9.60. The number of aliphatic hydroxyl groups is 1. The second-order valence-corrected chi connectivity index (χ2v) is 8.27. The monoisotopic (exact) mass is 459 g/mol. The Labute approximate surface area is 187 Å². The maximum atomic E-state index is 12.9. The highest BCUT2D eigenvalue weighted by Crippen LogP contribution is 2.11. The molecule has 0 aliphatic heterocycles. The van der Waals surface area contributed by atoms with E-state index in [1.54, 1.807) is 27.7 Å². The number of carbonyl (C=O) groups excluding carboxylic acids is 4. The molecule has 6 unspecified atom stereocenters. The Bertz CT molecular complexity index is 683. The van der Waals surface area contributed by atoms with Gasteiger partial charge in [0.05, 0.1) is 6.10 Å². The van der Waals surface area contributed by atoms with Crippen LogP contribution in [-0.2, 0) is 24.0 Å². The summed E-state index contributed by atoms with van der Waals surface area (Å²) in [5, 5.41) is 26.1. The molecule has 0 aromatic carbocycles. The van der Waals surface area contributed by atoms with Crippen molar-refractivity contribution in [1.29, 1.82) is 0 Å². The lowest BCUT2D eigenvalue weighted by atomic mass is 9.96. The second-order valence-electron chi connectivity index (χ2n) is 8.27. The van der Waals surface area contributed by atoms with E-state index in [4.69, 9.17) is 11.5 Å². The molecular formula is C20H37N5O7. The van der Waals surface area contributed by atoms with Gasteiger partial charge >= 0.3 is 5.97 Å². The van der Waals surface area contributed by atoms with Gasteiger partial charge in [-0.1, -0.05) is 34.1 Å². The van der Waals surface area contributed by atoms with Gasteiger partial charge in [0.25, 0.3) is 0 Å². The smallest absolute Gasteiger partial charge is 0.326 e. The van der Waals surface area contributed by atoms with E-state index in [1.807, 2.05) is 0 Å². The van der Waals surface area contributed by atoms with Gasteiger partial charge < -0.3 is 37.6 Å². The third-order valence-corrected chi connectivity index (χ3v) is 5.16. The fraction of sp³-hybridized carbons (Fsp3) is 0.750. The van der Waals surface area contributed by atoms with Crippen LogP contribution in [0.4, 0.5) is 0 Å². The summed E-state index contributed by atoms with van der Waals surface area (Å²) < 4.78 is 0. The van der Waals surface area contributed by atoms with Crippen LogP contribution in [0.3, 0.4) is 0 Å². The lowest BCUT2D eigenvalue weighted by Crippen LogP contribution is -2.60. The van der Waals surface area contributed by atoms with Crippen LogP contribution in [0.25, 0.3) is 0 Å². The van der Waals surface area contributed by atoms with Gasteiger partial charge in [-0.05, 0) is 25.2 Å². The number of aliphatic carboxylic acids is 1. The van der Waals surface area contributed by atoms with Gasteiger partial charge in [-0.15, -0.1) is 0 Å². The van der Waals surface area contributed by atoms with Gasteiger partial charge in [0.1, 0.15) is 24.2 Å². The number of aliphatic hydroxyl groups excluding tert-OH is 1. The quantitative estimate of drug-likeness (QED) is 0.157. The van der Waals surface area contributed by atoms with Crippen molar-refractivity contribution in [3.63, 3.8) is 0 Å². The summed E-state index contributed by atoms with van der Waals surface area (Å²) in [4.78, 5) is 60.5. The van der Waals surface area contributed by atoms with Crippen molar-refractivity contribution < 1.29 is 34.2 Å². The Hall–Kier alpha value is -2.73. The predicted octanol–water partition coefficient (Wildman–Crippen LogP) is -1.80. The Kier molecular flexibility index (Phi) is 12.5. The molecule has 32 heavy (non-hydrogen) atoms. The topological polar surface area (TPSA) is 214 Å². The number of primary amides is 1. The van der Waals surface area contributed by atoms with E-state index in [9.17, 15) is 34.2 Å². The zero-order valence-corrected chi connectivity index (χ0v) is 19.3. The molecule has 12 heteroatoms. The number of rotatable bonds is 14. The van der Waals surface area contributed by atoms with Crippen molar-refractivity contribution >= 4 is 29.6 Å². The highest BCUT2D eigenvalue weighted by Gasteiger charge is 2.33. The van der Waals surface area contributed by atoms with Crippen LogP contribution in [0.1, 0.15) is 53.9 Å². The molecule has 0 bridgehead atoms. The lowest BCUT2D eigenvalue weighted by molar-refractivity contribution is -0.143. The first-order valence-corrected chi connectivity index (χ1v) is 10.6. The molecule has 0 saturated heterocycles. The number of hydrogen-bond donors (Lipinski definition) is 7. The molecule has 6 atom stereocenters. The average Bonchev–Trinajstić information content (AvgIpc) is 2.70. The van der Waals surface area contributed by atoms with Crippen LogP contribution >= 0.6 is 0 Å². The largest absolute Gasteiger partial charge is 0.480 e. The van der Waals surface area contributed by atoms with Gasteiger partial charge in [-0.3, -0.25) is 19.2 Å². The van der Waals surface area contributed by atoms with E-state index in [0.717, 1.165) is 0 Å². The highest BCUT2D eigenvalue weighted by atomic mass is 16.4. The molecule has 12 nitrogen and oxygen atoms in total. The van der Waals surface area contributed by atoms with Gasteiger partial charge in [0.2, 0.25) is 23.6 Å². The van der Waals surface area contributed by atoms with E-state index < -0.39 is 65.8 Å². The maximum Gasteiger partial charge on any atom is 0.326 e. The maximum absolute atomic E-state index is 12.9. The zero-order chi connectivity index (χ0) is 25.2. The molecule has 0 aromatic heterocycles. The normalized spacial score (nSPS) is 16.8. The number of hydrogen-bond acceptors (Lipinski definition) is 7. The molecule has 184 valence electrons. The summed E-state index contributed by atoms with van der Waals surface area (Å²) in [7, 11) is 0. The van der Waals surface area contributed by atoms with Gasteiger partial charge in [0, 0.05) is 6.42 Å². The minimum Gasteiger partial charge on any atom is -0.480 e. The summed E-state index contributed by atoms with van der Waals surface area (Å²) in [6, 6.07) is -4.80. The molecule has 0 rings (SSSR count). The minimum absolute atomic E-state index is 0.161. The summed E-state index contributed by atoms with van der Waals surface area (Å²) in [6.07, 6.45) is -1.04. The summed E-state index contributed by atoms with van der Waals surface area (Å²) in [6.45, 7) is 8.05. The number of carboxylic acid groups (broad SMARTS) is 1. The molecule has 0 spiro atoms. The fourth-order valence-electron chi connectivity index (χ4n) is 2.75. The second kappa shape index (κ2) is 13.6. The molecule has 0 fully saturated rings. The van der Waals surface area contributed by atoms with Gasteiger partial charge in [0.15, 0.2) is 0 Å². The Balaban J connectivity index is 5.63. The average molecular weight is 460 g/mol. The third-order valence-electron chi connectivity index (χ3n) is 5.16. The molecule has 0 heterocycles. The van der Waals surface area contributed by atoms with Crippen LogP contribution in [0.15, 0.2) is 0 Å². The summed E-state index contributed by atoms with van der Waals surface area (Å²) >= 11 is 0. The molecule has 0 aliphatic carbocycles. The Morgan fingerprint density at radius 3 is 1.81 bits per heavy atom. The SMILES string of the molecule is CCC(C)C(NC(=O)C(N)C(C)O)C(=O)NC(CCC(N)=O)C(=O)NC(C(=O)O)C(C)C. The van der Waals surface area contributed by atoms with Crippen molar-refractivity contribution in [1.82, 2.24) is 16.0 Å². The van der Waals surface area contributed by atoms with Crippen LogP contribution in [0, 0.1) is 11.8 Å². The number of nitrogens with two attached hydrogens (primary N) is 2. The number of nitrogens with one attached hydrogen (secondary N) is 3. The molecule has 9 N–H and O–H groups in total. The van der Waals surface area contributed by atoms with Crippen molar-refractivity contribution in [3.8, 4) is 0 Å². The van der Waals surface area contributed by atoms with E-state index in [1.165, 1.54) is 6.92 Å². The first kappa shape index (κ1) is 29.3. The van der Waals surface area contributed by atoms with E-state index in [2.05, 4.69) is 16.0 Å². The van der Waals surface area contributed by atoms with E-state index >= 15 is 0 Å². The molecule has 0 saturated carbocycles. The van der Waals surface area contributed by atoms with Crippen LogP contribution in [0.2, 0.25) is 0 Å². The van der Waals surface area contributed by atoms with Crippen molar-refractivity contribution in [2.24, 2.45) is 23.3 Å². The van der Waals surface area contributed by atoms with Crippen molar-refractivity contribution in [2.75, 3.05) is 0 Å². The lowest BCUT2D eigenvalue weighted by Gasteiger charge is -2.28. The molecule has 0 aliphatic rings. The Morgan fingerprint density at radius 2 is 1.41 bits per heavy atom. The number of amides is 4. The van der Waals surface area contributed by atoms with Crippen LogP contribution in [0.5, 0.6) is 0 Å². The van der Waals surface area contributed by atoms with E-state index in [-0.39, 0.29) is 18.8 Å². The highest BCUT2D eigenvalue weighted by molar-refractivity contribution is 5.94. The van der Waals surface area contributed by atoms with Crippen molar-refractivity contribution in [2.45, 2.75) is 84.2 Å². The molecular weight excluding hydrogens is 422 g/mol. The standard InChI is InChI=1S/C20H37N5O7/c1-6-10(4)16(25-18(29)14(22)11(5)26)19(30)23-12(7-8-13(21)27)17(28)24-15(9(2)3)20(31)32/h9-12,14-16,26H,6-8,22H2,1-5H3,(H2,21,27)(H,23,30)(H,24,28)(H,25,29)(H,31,32). The first-order valence-electron chi connectivity index (χ1n) is 10.6. The van der Waals surface area contributed by atoms with E-state index in [0.29, 0.717) is 6.42 Å². The van der Waals surface area contributed by atoms with Gasteiger partial charge in [-0.2, -0.15) is 0 Å². The fourth-order valence-corrected chi connectivity index (χ4v) is 2.75. The number of carbonyl (C=O) groups is 5. The molecule has 0 radical (unpaired) electrons. The molecule has 0 aromatic rings. The Morgan fingerprint density at radius 1 is 0.875 bits per heavy atom. The van der Waals surface area contributed by atoms with Crippen molar-refractivity contribution in [3.05, 3.63) is 0 Å². The minimum atomic E-state index is -1.26. The van der Waals surface area contributed by atoms with Crippen LogP contribution in [-0.4, -0.2) is 70.1 Å².